The summed E-state index contributed by atoms with van der Waals surface area (Å²) < 4.78 is 5.17. The second-order valence-electron chi connectivity index (χ2n) is 4.27. The fourth-order valence-corrected chi connectivity index (χ4v) is 1.84. The van der Waals surface area contributed by atoms with Gasteiger partial charge in [-0.25, -0.2) is 9.59 Å². The van der Waals surface area contributed by atoms with Crippen LogP contribution in [0, 0.1) is 0 Å². The molecule has 1 aromatic carbocycles. The molecule has 0 atom stereocenters. The first kappa shape index (κ1) is 13.1. The van der Waals surface area contributed by atoms with Crippen LogP contribution < -0.4 is 0 Å². The first-order valence-corrected chi connectivity index (χ1v) is 6.05. The molecule has 0 unspecified atom stereocenters. The summed E-state index contributed by atoms with van der Waals surface area (Å²) in [6, 6.07) is 9.42. The van der Waals surface area contributed by atoms with Crippen molar-refractivity contribution in [3.05, 3.63) is 47.5 Å². The van der Waals surface area contributed by atoms with E-state index in [0.29, 0.717) is 18.5 Å². The lowest BCUT2D eigenvalue weighted by Gasteiger charge is -2.24. The summed E-state index contributed by atoms with van der Waals surface area (Å²) in [7, 11) is 0. The van der Waals surface area contributed by atoms with E-state index in [0.717, 1.165) is 5.56 Å². The highest BCUT2D eigenvalue weighted by atomic mass is 16.6. The minimum atomic E-state index is -0.919. The van der Waals surface area contributed by atoms with E-state index >= 15 is 0 Å². The zero-order valence-corrected chi connectivity index (χ0v) is 10.4. The lowest BCUT2D eigenvalue weighted by molar-refractivity contribution is -0.133. The molecule has 19 heavy (non-hydrogen) atoms. The van der Waals surface area contributed by atoms with Gasteiger partial charge in [0.15, 0.2) is 0 Å². The third-order valence-corrected chi connectivity index (χ3v) is 2.95. The Hall–Kier alpha value is -2.30. The maximum atomic E-state index is 11.8. The van der Waals surface area contributed by atoms with Gasteiger partial charge in [0.1, 0.15) is 6.61 Å². The maximum Gasteiger partial charge on any atom is 0.410 e. The van der Waals surface area contributed by atoms with Crippen molar-refractivity contribution < 1.29 is 19.4 Å². The molecule has 1 heterocycles. The highest BCUT2D eigenvalue weighted by Crippen LogP contribution is 2.12. The molecule has 5 nitrogen and oxygen atoms in total. The SMILES string of the molecule is O=C(O)C1=CCN(C(=O)OCc2ccccc2)CC1. The van der Waals surface area contributed by atoms with Crippen LogP contribution in [0.25, 0.3) is 0 Å². The first-order valence-electron chi connectivity index (χ1n) is 6.05. The van der Waals surface area contributed by atoms with Crippen molar-refractivity contribution in [3.8, 4) is 0 Å². The Balaban J connectivity index is 1.84. The van der Waals surface area contributed by atoms with Gasteiger partial charge in [0.05, 0.1) is 0 Å². The summed E-state index contributed by atoms with van der Waals surface area (Å²) in [5.74, 6) is -0.919. The molecule has 0 saturated heterocycles. The second-order valence-corrected chi connectivity index (χ2v) is 4.27. The van der Waals surface area contributed by atoms with Crippen LogP contribution in [0.15, 0.2) is 42.0 Å². The Labute approximate surface area is 111 Å². The van der Waals surface area contributed by atoms with Crippen molar-refractivity contribution in [2.24, 2.45) is 0 Å². The fraction of sp³-hybridized carbons (Fsp3) is 0.286. The lowest BCUT2D eigenvalue weighted by Crippen LogP contribution is -2.36. The van der Waals surface area contributed by atoms with Crippen LogP contribution >= 0.6 is 0 Å². The van der Waals surface area contributed by atoms with Crippen molar-refractivity contribution >= 4 is 12.1 Å². The predicted molar refractivity (Wildman–Crippen MR) is 68.5 cm³/mol. The quantitative estimate of drug-likeness (QED) is 0.904. The number of amides is 1. The summed E-state index contributed by atoms with van der Waals surface area (Å²) in [4.78, 5) is 24.0. The molecule has 1 aliphatic heterocycles. The van der Waals surface area contributed by atoms with Gasteiger partial charge in [-0.1, -0.05) is 36.4 Å². The standard InChI is InChI=1S/C14H15NO4/c16-13(17)12-6-8-15(9-7-12)14(18)19-10-11-4-2-1-3-5-11/h1-6H,7-10H2,(H,16,17). The number of nitrogens with zero attached hydrogens (tertiary/aromatic N) is 1. The minimum Gasteiger partial charge on any atom is -0.478 e. The molecular formula is C14H15NO4. The third kappa shape index (κ3) is 3.58. The number of carbonyl (C=O) groups excluding carboxylic acids is 1. The largest absolute Gasteiger partial charge is 0.478 e. The van der Waals surface area contributed by atoms with Crippen LogP contribution in [-0.4, -0.2) is 35.2 Å². The van der Waals surface area contributed by atoms with Crippen LogP contribution in [-0.2, 0) is 16.1 Å². The number of aliphatic carboxylic acids is 1. The van der Waals surface area contributed by atoms with E-state index in [1.54, 1.807) is 6.08 Å². The van der Waals surface area contributed by atoms with Crippen molar-refractivity contribution in [1.82, 2.24) is 4.90 Å². The summed E-state index contributed by atoms with van der Waals surface area (Å²) in [5.41, 5.74) is 1.28. The van der Waals surface area contributed by atoms with Gasteiger partial charge in [-0.2, -0.15) is 0 Å². The highest BCUT2D eigenvalue weighted by molar-refractivity contribution is 5.87. The van der Waals surface area contributed by atoms with Crippen molar-refractivity contribution in [2.75, 3.05) is 13.1 Å². The molecule has 5 heteroatoms. The molecule has 1 amide bonds. The highest BCUT2D eigenvalue weighted by Gasteiger charge is 2.20. The van der Waals surface area contributed by atoms with Gasteiger partial charge < -0.3 is 14.7 Å². The van der Waals surface area contributed by atoms with Gasteiger partial charge in [-0.3, -0.25) is 0 Å². The molecule has 0 fully saturated rings. The summed E-state index contributed by atoms with van der Waals surface area (Å²) >= 11 is 0. The number of carboxylic acids is 1. The molecule has 0 bridgehead atoms. The second kappa shape index (κ2) is 6.04. The van der Waals surface area contributed by atoms with Crippen LogP contribution in [0.5, 0.6) is 0 Å². The van der Waals surface area contributed by atoms with Crippen molar-refractivity contribution in [2.45, 2.75) is 13.0 Å². The number of carbonyl (C=O) groups is 2. The predicted octanol–water partition coefficient (Wildman–Crippen LogP) is 2.04. The van der Waals surface area contributed by atoms with Crippen LogP contribution in [0.4, 0.5) is 4.79 Å². The molecule has 0 aromatic heterocycles. The summed E-state index contributed by atoms with van der Waals surface area (Å²) in [6.45, 7) is 0.896. The number of hydrogen-bond donors (Lipinski definition) is 1. The van der Waals surface area contributed by atoms with Gasteiger partial charge in [0.2, 0.25) is 0 Å². The molecule has 100 valence electrons. The molecule has 1 N–H and O–H groups in total. The molecule has 1 aliphatic rings. The lowest BCUT2D eigenvalue weighted by atomic mass is 10.1. The Morgan fingerprint density at radius 2 is 2.00 bits per heavy atom. The topological polar surface area (TPSA) is 66.8 Å². The van der Waals surface area contributed by atoms with Gasteiger partial charge in [0.25, 0.3) is 0 Å². The zero-order valence-electron chi connectivity index (χ0n) is 10.4. The van der Waals surface area contributed by atoms with Crippen molar-refractivity contribution in [3.63, 3.8) is 0 Å². The van der Waals surface area contributed by atoms with Crippen LogP contribution in [0.3, 0.4) is 0 Å². The number of carboxylic acid groups (broad SMARTS) is 1. The van der Waals surface area contributed by atoms with E-state index < -0.39 is 12.1 Å². The molecule has 0 aliphatic carbocycles. The minimum absolute atomic E-state index is 0.228. The number of hydrogen-bond acceptors (Lipinski definition) is 3. The van der Waals surface area contributed by atoms with E-state index in [-0.39, 0.29) is 13.2 Å². The summed E-state index contributed by atoms with van der Waals surface area (Å²) in [5, 5.41) is 8.81. The third-order valence-electron chi connectivity index (χ3n) is 2.95. The van der Waals surface area contributed by atoms with Gasteiger partial charge in [-0.05, 0) is 12.0 Å². The van der Waals surface area contributed by atoms with Crippen LogP contribution in [0.2, 0.25) is 0 Å². The molecule has 0 spiro atoms. The van der Waals surface area contributed by atoms with E-state index in [9.17, 15) is 9.59 Å². The normalized spacial score (nSPS) is 14.7. The molecule has 2 rings (SSSR count). The number of benzene rings is 1. The van der Waals surface area contributed by atoms with Gasteiger partial charge >= 0.3 is 12.1 Å². The number of ether oxygens (including phenoxy) is 1. The average molecular weight is 261 g/mol. The van der Waals surface area contributed by atoms with E-state index in [1.807, 2.05) is 30.3 Å². The summed E-state index contributed by atoms with van der Waals surface area (Å²) in [6.07, 6.45) is 1.50. The molecule has 0 radical (unpaired) electrons. The van der Waals surface area contributed by atoms with E-state index in [1.165, 1.54) is 4.90 Å². The monoisotopic (exact) mass is 261 g/mol. The molecule has 1 aromatic rings. The van der Waals surface area contributed by atoms with Crippen LogP contribution in [0.1, 0.15) is 12.0 Å². The van der Waals surface area contributed by atoms with E-state index in [2.05, 4.69) is 0 Å². The zero-order chi connectivity index (χ0) is 13.7. The number of rotatable bonds is 3. The van der Waals surface area contributed by atoms with Crippen molar-refractivity contribution in [1.29, 1.82) is 0 Å². The van der Waals surface area contributed by atoms with Gasteiger partial charge in [-0.15, -0.1) is 0 Å². The maximum absolute atomic E-state index is 11.8. The Morgan fingerprint density at radius 3 is 2.58 bits per heavy atom. The van der Waals surface area contributed by atoms with Gasteiger partial charge in [0, 0.05) is 18.7 Å². The molecular weight excluding hydrogens is 246 g/mol. The van der Waals surface area contributed by atoms with E-state index in [4.69, 9.17) is 9.84 Å². The molecule has 0 saturated carbocycles. The first-order chi connectivity index (χ1) is 9.16. The Bertz CT molecular complexity index is 495. The Morgan fingerprint density at radius 1 is 1.26 bits per heavy atom. The Kier molecular flexibility index (Phi) is 4.18. The smallest absolute Gasteiger partial charge is 0.410 e. The average Bonchev–Trinajstić information content (AvgIpc) is 2.46. The fourth-order valence-electron chi connectivity index (χ4n) is 1.84.